The number of piperazine rings is 1. The SMILES string of the molecule is C[C@@H](N)CCN1CCN(c2ccccc2)CC1. The van der Waals surface area contributed by atoms with E-state index in [1.807, 2.05) is 0 Å². The van der Waals surface area contributed by atoms with Crippen molar-refractivity contribution in [3.63, 3.8) is 0 Å². The molecule has 17 heavy (non-hydrogen) atoms. The lowest BCUT2D eigenvalue weighted by molar-refractivity contribution is 0.250. The highest BCUT2D eigenvalue weighted by molar-refractivity contribution is 5.46. The highest BCUT2D eigenvalue weighted by Crippen LogP contribution is 2.15. The van der Waals surface area contributed by atoms with Crippen LogP contribution in [0.15, 0.2) is 30.3 Å². The molecule has 1 saturated heterocycles. The van der Waals surface area contributed by atoms with Gasteiger partial charge in [-0.1, -0.05) is 18.2 Å². The van der Waals surface area contributed by atoms with E-state index in [1.54, 1.807) is 0 Å². The van der Waals surface area contributed by atoms with Crippen LogP contribution in [-0.4, -0.2) is 43.7 Å². The number of benzene rings is 1. The molecule has 0 unspecified atom stereocenters. The highest BCUT2D eigenvalue weighted by atomic mass is 15.3. The lowest BCUT2D eigenvalue weighted by Crippen LogP contribution is -2.47. The Hall–Kier alpha value is -1.06. The molecule has 0 amide bonds. The van der Waals surface area contributed by atoms with Gasteiger partial charge in [0.25, 0.3) is 0 Å². The van der Waals surface area contributed by atoms with Crippen LogP contribution in [0.5, 0.6) is 0 Å². The van der Waals surface area contributed by atoms with Gasteiger partial charge in [-0.05, 0) is 32.0 Å². The minimum atomic E-state index is 0.321. The summed E-state index contributed by atoms with van der Waals surface area (Å²) < 4.78 is 0. The maximum Gasteiger partial charge on any atom is 0.0367 e. The molecule has 2 rings (SSSR count). The molecule has 0 aliphatic carbocycles. The third-order valence-electron chi connectivity index (χ3n) is 3.39. The molecule has 1 fully saturated rings. The number of rotatable bonds is 4. The van der Waals surface area contributed by atoms with E-state index < -0.39 is 0 Å². The van der Waals surface area contributed by atoms with Crippen molar-refractivity contribution in [1.82, 2.24) is 4.90 Å². The Morgan fingerprint density at radius 1 is 1.12 bits per heavy atom. The molecule has 0 spiro atoms. The number of hydrogen-bond acceptors (Lipinski definition) is 3. The number of nitrogens with two attached hydrogens (primary N) is 1. The Labute approximate surface area is 104 Å². The summed E-state index contributed by atoms with van der Waals surface area (Å²) >= 11 is 0. The molecule has 0 bridgehead atoms. The van der Waals surface area contributed by atoms with Crippen molar-refractivity contribution < 1.29 is 0 Å². The molecule has 1 aromatic carbocycles. The van der Waals surface area contributed by atoms with Crippen molar-refractivity contribution in [1.29, 1.82) is 0 Å². The minimum Gasteiger partial charge on any atom is -0.369 e. The monoisotopic (exact) mass is 233 g/mol. The average molecular weight is 233 g/mol. The largest absolute Gasteiger partial charge is 0.369 e. The summed E-state index contributed by atoms with van der Waals surface area (Å²) in [6.45, 7) is 7.79. The molecular formula is C14H23N3. The molecule has 94 valence electrons. The topological polar surface area (TPSA) is 32.5 Å². The second-order valence-electron chi connectivity index (χ2n) is 4.93. The molecule has 1 heterocycles. The van der Waals surface area contributed by atoms with Gasteiger partial charge in [-0.2, -0.15) is 0 Å². The summed E-state index contributed by atoms with van der Waals surface area (Å²) in [5.41, 5.74) is 7.14. The van der Waals surface area contributed by atoms with Crippen LogP contribution < -0.4 is 10.6 Å². The fourth-order valence-electron chi connectivity index (χ4n) is 2.25. The first-order chi connectivity index (χ1) is 8.25. The number of anilines is 1. The van der Waals surface area contributed by atoms with Gasteiger partial charge in [0.15, 0.2) is 0 Å². The van der Waals surface area contributed by atoms with Crippen molar-refractivity contribution in [2.45, 2.75) is 19.4 Å². The van der Waals surface area contributed by atoms with E-state index in [2.05, 4.69) is 47.1 Å². The van der Waals surface area contributed by atoms with Gasteiger partial charge in [0.2, 0.25) is 0 Å². The lowest BCUT2D eigenvalue weighted by atomic mass is 10.2. The zero-order chi connectivity index (χ0) is 12.1. The van der Waals surface area contributed by atoms with Crippen LogP contribution in [0.25, 0.3) is 0 Å². The van der Waals surface area contributed by atoms with E-state index in [0.29, 0.717) is 6.04 Å². The van der Waals surface area contributed by atoms with Crippen molar-refractivity contribution in [3.05, 3.63) is 30.3 Å². The van der Waals surface area contributed by atoms with E-state index in [9.17, 15) is 0 Å². The standard InChI is InChI=1S/C14H23N3/c1-13(15)7-8-16-9-11-17(12-10-16)14-5-3-2-4-6-14/h2-6,13H,7-12,15H2,1H3/t13-/m1/s1. The Bertz CT molecular complexity index is 315. The second-order valence-corrected chi connectivity index (χ2v) is 4.93. The summed E-state index contributed by atoms with van der Waals surface area (Å²) in [5.74, 6) is 0. The molecular weight excluding hydrogens is 210 g/mol. The summed E-state index contributed by atoms with van der Waals surface area (Å²) in [4.78, 5) is 4.98. The average Bonchev–Trinajstić information content (AvgIpc) is 2.38. The molecule has 1 aliphatic rings. The lowest BCUT2D eigenvalue weighted by Gasteiger charge is -2.36. The van der Waals surface area contributed by atoms with Gasteiger partial charge < -0.3 is 10.6 Å². The van der Waals surface area contributed by atoms with Gasteiger partial charge in [-0.3, -0.25) is 4.90 Å². The van der Waals surface area contributed by atoms with Crippen LogP contribution in [0.3, 0.4) is 0 Å². The fourth-order valence-corrected chi connectivity index (χ4v) is 2.25. The molecule has 1 aromatic rings. The Morgan fingerprint density at radius 3 is 2.35 bits per heavy atom. The Kier molecular flexibility index (Phi) is 4.40. The first kappa shape index (κ1) is 12.4. The van der Waals surface area contributed by atoms with E-state index in [0.717, 1.165) is 39.1 Å². The number of para-hydroxylation sites is 1. The molecule has 0 radical (unpaired) electrons. The van der Waals surface area contributed by atoms with Crippen molar-refractivity contribution >= 4 is 5.69 Å². The van der Waals surface area contributed by atoms with Crippen molar-refractivity contribution in [3.8, 4) is 0 Å². The van der Waals surface area contributed by atoms with Gasteiger partial charge in [-0.25, -0.2) is 0 Å². The predicted octanol–water partition coefficient (Wildman–Crippen LogP) is 1.55. The summed E-state index contributed by atoms with van der Waals surface area (Å²) in [5, 5.41) is 0. The van der Waals surface area contributed by atoms with Crippen molar-refractivity contribution in [2.75, 3.05) is 37.6 Å². The molecule has 3 heteroatoms. The second kappa shape index (κ2) is 6.03. The first-order valence-electron chi connectivity index (χ1n) is 6.53. The van der Waals surface area contributed by atoms with Crippen molar-refractivity contribution in [2.24, 2.45) is 5.73 Å². The zero-order valence-electron chi connectivity index (χ0n) is 10.7. The quantitative estimate of drug-likeness (QED) is 0.856. The number of nitrogens with zero attached hydrogens (tertiary/aromatic N) is 2. The predicted molar refractivity (Wildman–Crippen MR) is 73.4 cm³/mol. The molecule has 2 N–H and O–H groups in total. The maximum absolute atomic E-state index is 5.79. The smallest absolute Gasteiger partial charge is 0.0367 e. The van der Waals surface area contributed by atoms with E-state index in [4.69, 9.17) is 5.73 Å². The van der Waals surface area contributed by atoms with Crippen LogP contribution in [0.1, 0.15) is 13.3 Å². The molecule has 1 atom stereocenters. The molecule has 0 aromatic heterocycles. The Balaban J connectivity index is 1.78. The molecule has 0 saturated carbocycles. The maximum atomic E-state index is 5.79. The highest BCUT2D eigenvalue weighted by Gasteiger charge is 2.16. The van der Waals surface area contributed by atoms with Gasteiger partial charge >= 0.3 is 0 Å². The first-order valence-corrected chi connectivity index (χ1v) is 6.53. The number of hydrogen-bond donors (Lipinski definition) is 1. The summed E-state index contributed by atoms with van der Waals surface area (Å²) in [6, 6.07) is 11.0. The van der Waals surface area contributed by atoms with Gasteiger partial charge in [0, 0.05) is 37.9 Å². The van der Waals surface area contributed by atoms with Gasteiger partial charge in [0.05, 0.1) is 0 Å². The van der Waals surface area contributed by atoms with Crippen LogP contribution >= 0.6 is 0 Å². The third kappa shape index (κ3) is 3.72. The summed E-state index contributed by atoms with van der Waals surface area (Å²) in [6.07, 6.45) is 1.10. The third-order valence-corrected chi connectivity index (χ3v) is 3.39. The van der Waals surface area contributed by atoms with Gasteiger partial charge in [-0.15, -0.1) is 0 Å². The van der Waals surface area contributed by atoms with E-state index in [1.165, 1.54) is 5.69 Å². The Morgan fingerprint density at radius 2 is 1.76 bits per heavy atom. The van der Waals surface area contributed by atoms with Gasteiger partial charge in [0.1, 0.15) is 0 Å². The van der Waals surface area contributed by atoms with Crippen LogP contribution in [0, 0.1) is 0 Å². The van der Waals surface area contributed by atoms with E-state index >= 15 is 0 Å². The van der Waals surface area contributed by atoms with Crippen LogP contribution in [-0.2, 0) is 0 Å². The zero-order valence-corrected chi connectivity index (χ0v) is 10.7. The van der Waals surface area contributed by atoms with E-state index in [-0.39, 0.29) is 0 Å². The minimum absolute atomic E-state index is 0.321. The summed E-state index contributed by atoms with van der Waals surface area (Å²) in [7, 11) is 0. The fraction of sp³-hybridized carbons (Fsp3) is 0.571. The normalized spacial score (nSPS) is 19.3. The molecule has 1 aliphatic heterocycles. The van der Waals surface area contributed by atoms with Crippen LogP contribution in [0.2, 0.25) is 0 Å². The van der Waals surface area contributed by atoms with Crippen LogP contribution in [0.4, 0.5) is 5.69 Å². The molecule has 3 nitrogen and oxygen atoms in total.